The maximum absolute atomic E-state index is 13.6. The number of nitrogens with zero attached hydrogens (tertiary/aromatic N) is 3. The molecule has 0 unspecified atom stereocenters. The molecule has 1 aromatic heterocycles. The van der Waals surface area contributed by atoms with Crippen molar-refractivity contribution in [2.75, 3.05) is 13.1 Å². The Morgan fingerprint density at radius 2 is 1.52 bits per heavy atom. The van der Waals surface area contributed by atoms with Crippen LogP contribution in [-0.2, 0) is 35.8 Å². The van der Waals surface area contributed by atoms with Crippen LogP contribution >= 0.6 is 0 Å². The van der Waals surface area contributed by atoms with Gasteiger partial charge in [0.25, 0.3) is 5.91 Å². The van der Waals surface area contributed by atoms with Crippen molar-refractivity contribution in [1.29, 1.82) is 0 Å². The fourth-order valence-corrected chi connectivity index (χ4v) is 5.93. The highest BCUT2D eigenvalue weighted by Gasteiger charge is 2.40. The van der Waals surface area contributed by atoms with Crippen LogP contribution in [0.1, 0.15) is 76.1 Å². The summed E-state index contributed by atoms with van der Waals surface area (Å²) >= 11 is 0. The molecular formula is C31H47N8O7+. The van der Waals surface area contributed by atoms with E-state index in [1.165, 1.54) is 16.7 Å². The number of hydrogen-bond donors (Lipinski definition) is 5. The third-order valence-corrected chi connectivity index (χ3v) is 8.26. The van der Waals surface area contributed by atoms with Crippen LogP contribution in [-0.4, -0.2) is 94.4 Å². The van der Waals surface area contributed by atoms with E-state index in [2.05, 4.69) is 16.0 Å². The van der Waals surface area contributed by atoms with Crippen LogP contribution < -0.4 is 32.0 Å². The van der Waals surface area contributed by atoms with Gasteiger partial charge in [-0.15, -0.1) is 0 Å². The molecule has 0 aliphatic carbocycles. The lowest BCUT2D eigenvalue weighted by atomic mass is 10.0. The van der Waals surface area contributed by atoms with Gasteiger partial charge >= 0.3 is 0 Å². The molecule has 0 bridgehead atoms. The van der Waals surface area contributed by atoms with Gasteiger partial charge in [-0.05, 0) is 57.4 Å². The summed E-state index contributed by atoms with van der Waals surface area (Å²) < 4.78 is 1.71. The number of hydrogen-bond acceptors (Lipinski definition) is 7. The zero-order valence-electron chi connectivity index (χ0n) is 27.0. The highest BCUT2D eigenvalue weighted by molar-refractivity contribution is 5.99. The molecule has 15 heteroatoms. The Bertz CT molecular complexity index is 1340. The van der Waals surface area contributed by atoms with Crippen molar-refractivity contribution < 1.29 is 38.1 Å². The molecule has 252 valence electrons. The molecule has 7 N–H and O–H groups in total. The van der Waals surface area contributed by atoms with Gasteiger partial charge in [0, 0.05) is 25.6 Å². The van der Waals surface area contributed by atoms with Gasteiger partial charge in [-0.3, -0.25) is 33.6 Å². The third-order valence-electron chi connectivity index (χ3n) is 8.26. The van der Waals surface area contributed by atoms with E-state index in [1.54, 1.807) is 36.1 Å². The van der Waals surface area contributed by atoms with Crippen molar-refractivity contribution >= 4 is 41.4 Å². The van der Waals surface area contributed by atoms with Gasteiger partial charge in [-0.1, -0.05) is 13.8 Å². The summed E-state index contributed by atoms with van der Waals surface area (Å²) in [5.41, 5.74) is 11.2. The molecule has 15 nitrogen and oxygen atoms in total. The molecule has 2 fully saturated rings. The van der Waals surface area contributed by atoms with Crippen molar-refractivity contribution in [3.05, 3.63) is 30.1 Å². The zero-order chi connectivity index (χ0) is 34.1. The van der Waals surface area contributed by atoms with Gasteiger partial charge in [0.2, 0.25) is 35.4 Å². The molecule has 0 saturated carbocycles. The lowest BCUT2D eigenvalue weighted by Crippen LogP contribution is -2.58. The first-order valence-electron chi connectivity index (χ1n) is 15.7. The van der Waals surface area contributed by atoms with E-state index < -0.39 is 71.6 Å². The van der Waals surface area contributed by atoms with E-state index in [9.17, 15) is 33.6 Å². The number of aromatic nitrogens is 1. The number of rotatable bonds is 14. The standard InChI is InChI=1S/C31H46N8O7/c1-18(2)16-22(31(46)38-14-6-9-23(38)26(33)41)36-28(43)21(11-12-25(32)40)35-29(44)24-10-7-15-39(24)30(45)19(3)34-27(42)20-8-5-13-37(4)17-20/h5,8,13,17-19,21-24H,6-7,9-12,14-16H2,1-4H3,(H6-,32,33,34,35,36,40,41,42,43,44)/p+1/t19-,21-,22-,23-,24-/m0/s1. The quantitative estimate of drug-likeness (QED) is 0.149. The first-order chi connectivity index (χ1) is 21.7. The van der Waals surface area contributed by atoms with E-state index in [-0.39, 0.29) is 31.7 Å². The molecule has 2 aliphatic heterocycles. The zero-order valence-corrected chi connectivity index (χ0v) is 27.0. The number of primary amides is 2. The topological polar surface area (TPSA) is 218 Å². The Morgan fingerprint density at radius 3 is 2.11 bits per heavy atom. The van der Waals surface area contributed by atoms with Crippen LogP contribution in [0.5, 0.6) is 0 Å². The fourth-order valence-electron chi connectivity index (χ4n) is 5.93. The largest absolute Gasteiger partial charge is 0.370 e. The van der Waals surface area contributed by atoms with Crippen molar-refractivity contribution in [3.63, 3.8) is 0 Å². The highest BCUT2D eigenvalue weighted by Crippen LogP contribution is 2.21. The summed E-state index contributed by atoms with van der Waals surface area (Å²) in [5.74, 6) is -3.96. The number of carbonyl (C=O) groups is 7. The number of aryl methyl sites for hydroxylation is 1. The van der Waals surface area contributed by atoms with E-state index in [4.69, 9.17) is 11.5 Å². The van der Waals surface area contributed by atoms with E-state index in [1.807, 2.05) is 13.8 Å². The number of likely N-dealkylation sites (tertiary alicyclic amines) is 2. The van der Waals surface area contributed by atoms with Gasteiger partial charge in [0.15, 0.2) is 12.4 Å². The highest BCUT2D eigenvalue weighted by atomic mass is 16.2. The monoisotopic (exact) mass is 643 g/mol. The number of amides is 7. The van der Waals surface area contributed by atoms with Gasteiger partial charge < -0.3 is 37.2 Å². The molecular weight excluding hydrogens is 596 g/mol. The van der Waals surface area contributed by atoms with Crippen LogP contribution in [0.4, 0.5) is 0 Å². The van der Waals surface area contributed by atoms with Gasteiger partial charge in [-0.2, -0.15) is 0 Å². The van der Waals surface area contributed by atoms with E-state index in [0.29, 0.717) is 37.8 Å². The smallest absolute Gasteiger partial charge is 0.257 e. The minimum Gasteiger partial charge on any atom is -0.370 e. The molecule has 2 saturated heterocycles. The number of pyridine rings is 1. The lowest BCUT2D eigenvalue weighted by Gasteiger charge is -2.31. The maximum Gasteiger partial charge on any atom is 0.257 e. The van der Waals surface area contributed by atoms with Crippen LogP contribution in [0.25, 0.3) is 0 Å². The summed E-state index contributed by atoms with van der Waals surface area (Å²) in [4.78, 5) is 93.0. The maximum atomic E-state index is 13.6. The van der Waals surface area contributed by atoms with Gasteiger partial charge in [0.05, 0.1) is 0 Å². The first kappa shape index (κ1) is 35.9. The Hall–Kier alpha value is -4.56. The molecule has 3 rings (SSSR count). The second-order valence-corrected chi connectivity index (χ2v) is 12.5. The van der Waals surface area contributed by atoms with Crippen molar-refractivity contribution in [3.8, 4) is 0 Å². The Kier molecular flexibility index (Phi) is 12.6. The van der Waals surface area contributed by atoms with Crippen LogP contribution in [0.3, 0.4) is 0 Å². The average molecular weight is 644 g/mol. The molecule has 5 atom stereocenters. The summed E-state index contributed by atoms with van der Waals surface area (Å²) in [6.07, 6.45) is 5.19. The Labute approximate surface area is 268 Å². The van der Waals surface area contributed by atoms with E-state index in [0.717, 1.165) is 0 Å². The normalized spacial score (nSPS) is 19.7. The average Bonchev–Trinajstić information content (AvgIpc) is 3.68. The first-order valence-corrected chi connectivity index (χ1v) is 15.7. The summed E-state index contributed by atoms with van der Waals surface area (Å²) in [6, 6.07) is -1.52. The fraction of sp³-hybridized carbons (Fsp3) is 0.613. The molecule has 46 heavy (non-hydrogen) atoms. The molecule has 3 heterocycles. The second-order valence-electron chi connectivity index (χ2n) is 12.5. The van der Waals surface area contributed by atoms with Crippen LogP contribution in [0.15, 0.2) is 24.5 Å². The van der Waals surface area contributed by atoms with Crippen molar-refractivity contribution in [2.45, 2.75) is 95.9 Å². The summed E-state index contributed by atoms with van der Waals surface area (Å²) in [7, 11) is 1.77. The van der Waals surface area contributed by atoms with Gasteiger partial charge in [0.1, 0.15) is 42.8 Å². The van der Waals surface area contributed by atoms with Crippen molar-refractivity contribution in [2.24, 2.45) is 24.4 Å². The number of carbonyl (C=O) groups excluding carboxylic acids is 7. The van der Waals surface area contributed by atoms with E-state index >= 15 is 0 Å². The Balaban J connectivity index is 1.72. The van der Waals surface area contributed by atoms with Crippen LogP contribution in [0, 0.1) is 5.92 Å². The molecule has 0 spiro atoms. The molecule has 1 aromatic rings. The lowest BCUT2D eigenvalue weighted by molar-refractivity contribution is -0.671. The molecule has 7 amide bonds. The Morgan fingerprint density at radius 1 is 0.891 bits per heavy atom. The predicted molar refractivity (Wildman–Crippen MR) is 165 cm³/mol. The van der Waals surface area contributed by atoms with Crippen LogP contribution in [0.2, 0.25) is 0 Å². The predicted octanol–water partition coefficient (Wildman–Crippen LogP) is -1.62. The number of nitrogens with one attached hydrogen (secondary N) is 3. The minimum absolute atomic E-state index is 0.00671. The molecule has 2 aliphatic rings. The third kappa shape index (κ3) is 9.47. The van der Waals surface area contributed by atoms with Gasteiger partial charge in [-0.25, -0.2) is 4.57 Å². The minimum atomic E-state index is -1.23. The number of nitrogens with two attached hydrogens (primary N) is 2. The molecule has 0 radical (unpaired) electrons. The molecule has 0 aromatic carbocycles. The summed E-state index contributed by atoms with van der Waals surface area (Å²) in [6.45, 7) is 5.89. The van der Waals surface area contributed by atoms with Crippen molar-refractivity contribution in [1.82, 2.24) is 25.8 Å². The SMILES string of the molecule is CC(C)C[C@H](NC(=O)[C@H](CCC(N)=O)NC(=O)[C@@H]1CCCN1C(=O)[C@H](C)NC(=O)c1ccc[n+](C)c1)C(=O)N1CCC[C@H]1C(N)=O. The second kappa shape index (κ2) is 16.1. The summed E-state index contributed by atoms with van der Waals surface area (Å²) in [5, 5.41) is 8.06.